The average molecular weight is 296 g/mol. The fraction of sp³-hybridized carbons (Fsp3) is 0.941. The van der Waals surface area contributed by atoms with Crippen LogP contribution in [0.15, 0.2) is 0 Å². The van der Waals surface area contributed by atoms with Crippen LogP contribution in [0.5, 0.6) is 0 Å². The Morgan fingerprint density at radius 2 is 2.05 bits per heavy atom. The number of piperidine rings is 1. The van der Waals surface area contributed by atoms with E-state index in [1.807, 2.05) is 0 Å². The van der Waals surface area contributed by atoms with Crippen LogP contribution in [0, 0.1) is 5.92 Å². The summed E-state index contributed by atoms with van der Waals surface area (Å²) in [7, 11) is 0. The first kappa shape index (κ1) is 16.8. The highest BCUT2D eigenvalue weighted by atomic mass is 16.5. The summed E-state index contributed by atoms with van der Waals surface area (Å²) < 4.78 is 5.72. The molecule has 0 aliphatic carbocycles. The third-order valence-corrected chi connectivity index (χ3v) is 4.74. The van der Waals surface area contributed by atoms with E-state index in [1.165, 1.54) is 25.8 Å². The van der Waals surface area contributed by atoms with Crippen molar-refractivity contribution in [1.82, 2.24) is 10.2 Å². The molecule has 21 heavy (non-hydrogen) atoms. The number of ether oxygens (including phenoxy) is 1. The molecule has 2 aliphatic heterocycles. The van der Waals surface area contributed by atoms with Gasteiger partial charge in [-0.15, -0.1) is 0 Å². The number of hydrogen-bond donors (Lipinski definition) is 1. The molecule has 4 heteroatoms. The highest BCUT2D eigenvalue weighted by Gasteiger charge is 2.35. The van der Waals surface area contributed by atoms with Crippen molar-refractivity contribution in [3.63, 3.8) is 0 Å². The van der Waals surface area contributed by atoms with E-state index in [0.717, 1.165) is 19.4 Å². The van der Waals surface area contributed by atoms with E-state index in [0.29, 0.717) is 31.0 Å². The van der Waals surface area contributed by atoms with E-state index in [2.05, 4.69) is 31.0 Å². The van der Waals surface area contributed by atoms with Crippen LogP contribution in [0.2, 0.25) is 0 Å². The lowest BCUT2D eigenvalue weighted by Crippen LogP contribution is -2.47. The molecule has 2 saturated heterocycles. The molecule has 2 rings (SSSR count). The lowest BCUT2D eigenvalue weighted by atomic mass is 9.99. The van der Waals surface area contributed by atoms with Gasteiger partial charge in [-0.3, -0.25) is 9.69 Å². The summed E-state index contributed by atoms with van der Waals surface area (Å²) in [6.07, 6.45) is 6.78. The van der Waals surface area contributed by atoms with Crippen LogP contribution in [-0.4, -0.2) is 48.7 Å². The van der Waals surface area contributed by atoms with Crippen molar-refractivity contribution in [2.24, 2.45) is 5.92 Å². The van der Waals surface area contributed by atoms with Crippen molar-refractivity contribution in [2.75, 3.05) is 19.7 Å². The van der Waals surface area contributed by atoms with Crippen LogP contribution in [-0.2, 0) is 9.53 Å². The summed E-state index contributed by atoms with van der Waals surface area (Å²) >= 11 is 0. The van der Waals surface area contributed by atoms with E-state index in [9.17, 15) is 4.79 Å². The molecule has 0 bridgehead atoms. The minimum atomic E-state index is 0.157. The van der Waals surface area contributed by atoms with Crippen LogP contribution in [0.3, 0.4) is 0 Å². The van der Waals surface area contributed by atoms with Gasteiger partial charge in [-0.25, -0.2) is 0 Å². The summed E-state index contributed by atoms with van der Waals surface area (Å²) in [4.78, 5) is 14.6. The van der Waals surface area contributed by atoms with Gasteiger partial charge in [0.15, 0.2) is 0 Å². The summed E-state index contributed by atoms with van der Waals surface area (Å²) in [6, 6.07) is 0.953. The van der Waals surface area contributed by atoms with Crippen molar-refractivity contribution in [3.05, 3.63) is 0 Å². The Labute approximate surface area is 129 Å². The molecule has 3 atom stereocenters. The fourth-order valence-corrected chi connectivity index (χ4v) is 3.78. The molecule has 2 heterocycles. The SMILES string of the molecule is CC(C)CC(C)OCCC(=O)NC1CCN2CCCCC12. The number of amides is 1. The van der Waals surface area contributed by atoms with Gasteiger partial charge in [0, 0.05) is 25.0 Å². The predicted molar refractivity (Wildman–Crippen MR) is 85.2 cm³/mol. The molecular formula is C17H32N2O2. The van der Waals surface area contributed by atoms with E-state index < -0.39 is 0 Å². The number of carbonyl (C=O) groups is 1. The Balaban J connectivity index is 1.63. The molecule has 3 unspecified atom stereocenters. The van der Waals surface area contributed by atoms with Crippen molar-refractivity contribution < 1.29 is 9.53 Å². The van der Waals surface area contributed by atoms with Gasteiger partial charge in [0.05, 0.1) is 12.7 Å². The topological polar surface area (TPSA) is 41.6 Å². The first-order valence-electron chi connectivity index (χ1n) is 8.71. The van der Waals surface area contributed by atoms with Gasteiger partial charge in [0.2, 0.25) is 5.91 Å². The third-order valence-electron chi connectivity index (χ3n) is 4.74. The summed E-state index contributed by atoms with van der Waals surface area (Å²) in [5.41, 5.74) is 0. The average Bonchev–Trinajstić information content (AvgIpc) is 2.81. The minimum absolute atomic E-state index is 0.157. The van der Waals surface area contributed by atoms with Gasteiger partial charge in [0.1, 0.15) is 0 Å². The van der Waals surface area contributed by atoms with Crippen molar-refractivity contribution in [3.8, 4) is 0 Å². The molecule has 2 aliphatic rings. The Morgan fingerprint density at radius 1 is 1.24 bits per heavy atom. The number of carbonyl (C=O) groups excluding carboxylic acids is 1. The lowest BCUT2D eigenvalue weighted by Gasteiger charge is -2.32. The Morgan fingerprint density at radius 3 is 2.81 bits per heavy atom. The molecule has 4 nitrogen and oxygen atoms in total. The number of hydrogen-bond acceptors (Lipinski definition) is 3. The number of nitrogens with one attached hydrogen (secondary N) is 1. The van der Waals surface area contributed by atoms with E-state index in [4.69, 9.17) is 4.74 Å². The number of rotatable bonds is 7. The Hall–Kier alpha value is -0.610. The first-order valence-corrected chi connectivity index (χ1v) is 8.71. The van der Waals surface area contributed by atoms with E-state index in [-0.39, 0.29) is 12.0 Å². The van der Waals surface area contributed by atoms with Crippen LogP contribution < -0.4 is 5.32 Å². The van der Waals surface area contributed by atoms with Crippen LogP contribution in [0.25, 0.3) is 0 Å². The van der Waals surface area contributed by atoms with Crippen molar-refractivity contribution in [2.45, 2.75) is 77.5 Å². The summed E-state index contributed by atoms with van der Waals surface area (Å²) in [5, 5.41) is 3.23. The monoisotopic (exact) mass is 296 g/mol. The van der Waals surface area contributed by atoms with Gasteiger partial charge in [-0.1, -0.05) is 20.3 Å². The maximum Gasteiger partial charge on any atom is 0.222 e. The zero-order valence-corrected chi connectivity index (χ0v) is 13.9. The predicted octanol–water partition coefficient (Wildman–Crippen LogP) is 2.57. The maximum atomic E-state index is 12.1. The molecule has 0 radical (unpaired) electrons. The third kappa shape index (κ3) is 5.26. The highest BCUT2D eigenvalue weighted by Crippen LogP contribution is 2.27. The number of fused-ring (bicyclic) bond motifs is 1. The van der Waals surface area contributed by atoms with Gasteiger partial charge in [-0.05, 0) is 45.1 Å². The van der Waals surface area contributed by atoms with Crippen LogP contribution in [0.1, 0.15) is 59.3 Å². The number of nitrogens with zero attached hydrogens (tertiary/aromatic N) is 1. The molecule has 1 N–H and O–H groups in total. The Bertz CT molecular complexity index is 333. The summed E-state index contributed by atoms with van der Waals surface area (Å²) in [5.74, 6) is 0.800. The minimum Gasteiger partial charge on any atom is -0.378 e. The second kappa shape index (κ2) is 8.14. The van der Waals surface area contributed by atoms with Gasteiger partial charge < -0.3 is 10.1 Å². The zero-order chi connectivity index (χ0) is 15.2. The van der Waals surface area contributed by atoms with Gasteiger partial charge in [0.25, 0.3) is 0 Å². The van der Waals surface area contributed by atoms with E-state index in [1.54, 1.807) is 0 Å². The normalized spacial score (nSPS) is 27.6. The van der Waals surface area contributed by atoms with E-state index >= 15 is 0 Å². The van der Waals surface area contributed by atoms with Crippen LogP contribution >= 0.6 is 0 Å². The van der Waals surface area contributed by atoms with Crippen molar-refractivity contribution in [1.29, 1.82) is 0 Å². The standard InChI is InChI=1S/C17H32N2O2/c1-13(2)12-14(3)21-11-8-17(20)18-15-7-10-19-9-5-4-6-16(15)19/h13-16H,4-12H2,1-3H3,(H,18,20). The largest absolute Gasteiger partial charge is 0.378 e. The molecule has 122 valence electrons. The lowest BCUT2D eigenvalue weighted by molar-refractivity contribution is -0.123. The molecule has 1 amide bonds. The zero-order valence-electron chi connectivity index (χ0n) is 13.9. The molecular weight excluding hydrogens is 264 g/mol. The molecule has 2 fully saturated rings. The molecule has 0 aromatic rings. The smallest absolute Gasteiger partial charge is 0.222 e. The molecule has 0 aromatic heterocycles. The van der Waals surface area contributed by atoms with Crippen LogP contribution in [0.4, 0.5) is 0 Å². The van der Waals surface area contributed by atoms with Crippen molar-refractivity contribution >= 4 is 5.91 Å². The maximum absolute atomic E-state index is 12.1. The molecule has 0 spiro atoms. The fourth-order valence-electron chi connectivity index (χ4n) is 3.78. The van der Waals surface area contributed by atoms with Gasteiger partial charge >= 0.3 is 0 Å². The second-order valence-corrected chi connectivity index (χ2v) is 7.12. The second-order valence-electron chi connectivity index (χ2n) is 7.12. The summed E-state index contributed by atoms with van der Waals surface area (Å²) in [6.45, 7) is 9.39. The van der Waals surface area contributed by atoms with Gasteiger partial charge in [-0.2, -0.15) is 0 Å². The highest BCUT2D eigenvalue weighted by molar-refractivity contribution is 5.76. The molecule has 0 saturated carbocycles. The quantitative estimate of drug-likeness (QED) is 0.785. The molecule has 0 aromatic carbocycles. The first-order chi connectivity index (χ1) is 10.1. The Kier molecular flexibility index (Phi) is 6.49.